The summed E-state index contributed by atoms with van der Waals surface area (Å²) in [5.41, 5.74) is -0.246. The van der Waals surface area contributed by atoms with Crippen molar-refractivity contribution in [1.82, 2.24) is 0 Å². The van der Waals surface area contributed by atoms with Gasteiger partial charge in [-0.25, -0.2) is 17.2 Å². The molecule has 1 unspecified atom stereocenters. The first-order valence-corrected chi connectivity index (χ1v) is 10.4. The molecule has 0 bridgehead atoms. The van der Waals surface area contributed by atoms with Crippen LogP contribution in [0.3, 0.4) is 0 Å². The highest BCUT2D eigenvalue weighted by atomic mass is 35.5. The first-order valence-electron chi connectivity index (χ1n) is 8.52. The standard InChI is InChI=1S/C19H17ClF2O4S/c1-11-14-10-26-18-16(22)7-6-15(21)17(18)19(14,8-9-25-11)27(23,24)13-4-2-12(20)3-5-13/h2-7,11,14H,8-10H2,1H3/t11-,14?,19+/m0/s1. The summed E-state index contributed by atoms with van der Waals surface area (Å²) in [5.74, 6) is -2.61. The van der Waals surface area contributed by atoms with E-state index in [-0.39, 0.29) is 35.8 Å². The molecule has 0 saturated carbocycles. The summed E-state index contributed by atoms with van der Waals surface area (Å²) in [6, 6.07) is 7.58. The molecule has 0 spiro atoms. The molecule has 2 aliphatic heterocycles. The molecule has 3 atom stereocenters. The quantitative estimate of drug-likeness (QED) is 0.742. The van der Waals surface area contributed by atoms with Crippen LogP contribution in [-0.4, -0.2) is 27.7 Å². The van der Waals surface area contributed by atoms with Gasteiger partial charge in [0.1, 0.15) is 10.6 Å². The van der Waals surface area contributed by atoms with Crippen LogP contribution < -0.4 is 4.74 Å². The van der Waals surface area contributed by atoms with Gasteiger partial charge in [-0.1, -0.05) is 11.6 Å². The van der Waals surface area contributed by atoms with E-state index in [1.54, 1.807) is 6.92 Å². The fourth-order valence-electron chi connectivity index (χ4n) is 4.19. The average molecular weight is 415 g/mol. The number of hydrogen-bond donors (Lipinski definition) is 0. The zero-order chi connectivity index (χ0) is 19.4. The molecule has 0 aliphatic carbocycles. The molecule has 0 amide bonds. The lowest BCUT2D eigenvalue weighted by Crippen LogP contribution is -2.56. The van der Waals surface area contributed by atoms with Crippen LogP contribution in [0.1, 0.15) is 18.9 Å². The van der Waals surface area contributed by atoms with Crippen molar-refractivity contribution >= 4 is 21.4 Å². The molecular weight excluding hydrogens is 398 g/mol. The zero-order valence-electron chi connectivity index (χ0n) is 14.4. The van der Waals surface area contributed by atoms with Gasteiger partial charge in [0.15, 0.2) is 21.4 Å². The van der Waals surface area contributed by atoms with Gasteiger partial charge in [0.25, 0.3) is 0 Å². The molecule has 2 aromatic carbocycles. The van der Waals surface area contributed by atoms with Gasteiger partial charge in [-0.15, -0.1) is 0 Å². The van der Waals surface area contributed by atoms with E-state index in [0.717, 1.165) is 12.1 Å². The fraction of sp³-hybridized carbons (Fsp3) is 0.368. The van der Waals surface area contributed by atoms with Gasteiger partial charge in [-0.05, 0) is 49.7 Å². The van der Waals surface area contributed by atoms with E-state index < -0.39 is 38.2 Å². The van der Waals surface area contributed by atoms with Crippen molar-refractivity contribution in [2.45, 2.75) is 29.1 Å². The molecule has 0 N–H and O–H groups in total. The Morgan fingerprint density at radius 1 is 1.11 bits per heavy atom. The summed E-state index contributed by atoms with van der Waals surface area (Å²) in [6.07, 6.45) is -0.499. The minimum atomic E-state index is -4.11. The van der Waals surface area contributed by atoms with Crippen LogP contribution in [0.15, 0.2) is 41.3 Å². The number of halogens is 3. The van der Waals surface area contributed by atoms with Gasteiger partial charge in [-0.2, -0.15) is 0 Å². The lowest BCUT2D eigenvalue weighted by atomic mass is 9.76. The van der Waals surface area contributed by atoms with Crippen LogP contribution in [0.4, 0.5) is 8.78 Å². The van der Waals surface area contributed by atoms with E-state index in [1.165, 1.54) is 24.3 Å². The number of hydrogen-bond acceptors (Lipinski definition) is 4. The molecule has 4 nitrogen and oxygen atoms in total. The van der Waals surface area contributed by atoms with Crippen LogP contribution in [0.2, 0.25) is 5.02 Å². The van der Waals surface area contributed by atoms with Gasteiger partial charge < -0.3 is 9.47 Å². The third kappa shape index (κ3) is 2.59. The number of benzene rings is 2. The maximum absolute atomic E-state index is 14.9. The summed E-state index contributed by atoms with van der Waals surface area (Å²) in [5, 5.41) is 0.382. The van der Waals surface area contributed by atoms with Crippen LogP contribution in [0, 0.1) is 17.6 Å². The molecule has 144 valence electrons. The van der Waals surface area contributed by atoms with Gasteiger partial charge in [0, 0.05) is 17.5 Å². The summed E-state index contributed by atoms with van der Waals surface area (Å²) in [7, 11) is -4.11. The molecule has 4 rings (SSSR count). The number of ether oxygens (including phenoxy) is 2. The van der Waals surface area contributed by atoms with Crippen molar-refractivity contribution in [2.24, 2.45) is 5.92 Å². The molecule has 2 aliphatic rings. The Morgan fingerprint density at radius 3 is 2.48 bits per heavy atom. The van der Waals surface area contributed by atoms with Crippen LogP contribution in [0.5, 0.6) is 5.75 Å². The van der Waals surface area contributed by atoms with E-state index in [0.29, 0.717) is 5.02 Å². The lowest BCUT2D eigenvalue weighted by Gasteiger charge is -2.49. The minimum absolute atomic E-state index is 0.00233. The minimum Gasteiger partial charge on any atom is -0.490 e. The van der Waals surface area contributed by atoms with Crippen molar-refractivity contribution in [1.29, 1.82) is 0 Å². The Balaban J connectivity index is 2.04. The predicted molar refractivity (Wildman–Crippen MR) is 95.7 cm³/mol. The highest BCUT2D eigenvalue weighted by Gasteiger charge is 2.60. The third-order valence-corrected chi connectivity index (χ3v) is 8.33. The van der Waals surface area contributed by atoms with Crippen LogP contribution >= 0.6 is 11.6 Å². The second kappa shape index (κ2) is 6.43. The lowest BCUT2D eigenvalue weighted by molar-refractivity contribution is -0.0626. The monoisotopic (exact) mass is 414 g/mol. The second-order valence-corrected chi connectivity index (χ2v) is 9.47. The van der Waals surface area contributed by atoms with E-state index in [2.05, 4.69) is 0 Å². The topological polar surface area (TPSA) is 52.6 Å². The molecule has 1 fully saturated rings. The van der Waals surface area contributed by atoms with Gasteiger partial charge >= 0.3 is 0 Å². The zero-order valence-corrected chi connectivity index (χ0v) is 16.0. The van der Waals surface area contributed by atoms with E-state index in [9.17, 15) is 17.2 Å². The van der Waals surface area contributed by atoms with Gasteiger partial charge in [0.05, 0.1) is 23.2 Å². The van der Waals surface area contributed by atoms with Gasteiger partial charge in [-0.3, -0.25) is 0 Å². The first kappa shape index (κ1) is 18.7. The Labute approximate surface area is 161 Å². The number of fused-ring (bicyclic) bond motifs is 3. The third-order valence-electron chi connectivity index (χ3n) is 5.51. The number of sulfone groups is 1. The van der Waals surface area contributed by atoms with Crippen molar-refractivity contribution in [3.63, 3.8) is 0 Å². The second-order valence-electron chi connectivity index (χ2n) is 6.82. The smallest absolute Gasteiger partial charge is 0.189 e. The average Bonchev–Trinajstić information content (AvgIpc) is 2.64. The molecule has 0 radical (unpaired) electrons. The Hall–Kier alpha value is -1.70. The molecule has 0 aromatic heterocycles. The van der Waals surface area contributed by atoms with Crippen molar-refractivity contribution in [3.8, 4) is 5.75 Å². The molecule has 1 saturated heterocycles. The molecule has 2 heterocycles. The highest BCUT2D eigenvalue weighted by Crippen LogP contribution is 2.55. The predicted octanol–water partition coefficient (Wildman–Crippen LogP) is 4.10. The van der Waals surface area contributed by atoms with Crippen molar-refractivity contribution < 1.29 is 26.7 Å². The molecule has 2 aromatic rings. The van der Waals surface area contributed by atoms with E-state index in [1.807, 2.05) is 0 Å². The largest absolute Gasteiger partial charge is 0.490 e. The Kier molecular flexibility index (Phi) is 4.44. The SMILES string of the molecule is C[C@@H]1OCC[C@]2(S(=O)(=O)c3ccc(Cl)cc3)c3c(F)ccc(F)c3OCC12. The first-order chi connectivity index (χ1) is 12.8. The summed E-state index contributed by atoms with van der Waals surface area (Å²) in [6.45, 7) is 1.75. The van der Waals surface area contributed by atoms with Crippen molar-refractivity contribution in [3.05, 3.63) is 58.6 Å². The fourth-order valence-corrected chi connectivity index (χ4v) is 6.70. The summed E-state index contributed by atoms with van der Waals surface area (Å²) >= 11 is 5.89. The highest BCUT2D eigenvalue weighted by molar-refractivity contribution is 7.92. The number of rotatable bonds is 2. The molecule has 27 heavy (non-hydrogen) atoms. The maximum Gasteiger partial charge on any atom is 0.189 e. The summed E-state index contributed by atoms with van der Waals surface area (Å²) < 4.78 is 66.3. The molecular formula is C19H17ClF2O4S. The Morgan fingerprint density at radius 2 is 1.78 bits per heavy atom. The summed E-state index contributed by atoms with van der Waals surface area (Å²) in [4.78, 5) is 0.00233. The van der Waals surface area contributed by atoms with E-state index >= 15 is 0 Å². The Bertz CT molecular complexity index is 994. The molecule has 8 heteroatoms. The van der Waals surface area contributed by atoms with Crippen LogP contribution in [0.25, 0.3) is 0 Å². The van der Waals surface area contributed by atoms with Gasteiger partial charge in [0.2, 0.25) is 0 Å². The van der Waals surface area contributed by atoms with Crippen molar-refractivity contribution in [2.75, 3.05) is 13.2 Å². The normalized spacial score (nSPS) is 27.4. The maximum atomic E-state index is 14.9. The van der Waals surface area contributed by atoms with Crippen LogP contribution in [-0.2, 0) is 19.3 Å². The van der Waals surface area contributed by atoms with E-state index in [4.69, 9.17) is 21.1 Å².